The molecular weight excluding hydrogens is 215 g/mol. The Morgan fingerprint density at radius 3 is 2.87 bits per heavy atom. The van der Waals surface area contributed by atoms with Gasteiger partial charge in [0.15, 0.2) is 0 Å². The Balaban J connectivity index is 2.21. The third-order valence-electron chi connectivity index (χ3n) is 2.65. The van der Waals surface area contributed by atoms with Crippen molar-refractivity contribution in [3.63, 3.8) is 0 Å². The van der Waals surface area contributed by atoms with Crippen molar-refractivity contribution in [3.8, 4) is 0 Å². The molecule has 2 rings (SSSR count). The molecule has 1 aromatic rings. The normalized spacial score (nSPS) is 20.5. The average molecular weight is 227 g/mol. The first-order valence-electron chi connectivity index (χ1n) is 4.97. The Bertz CT molecular complexity index is 380. The van der Waals surface area contributed by atoms with Crippen LogP contribution in [0.5, 0.6) is 0 Å². The first-order chi connectivity index (χ1) is 7.16. The smallest absolute Gasteiger partial charge is 0.128 e. The molecule has 0 aromatic heterocycles. The molecule has 0 fully saturated rings. The predicted octanol–water partition coefficient (Wildman–Crippen LogP) is 3.10. The summed E-state index contributed by atoms with van der Waals surface area (Å²) in [5.41, 5.74) is 1.59. The third-order valence-corrected chi connectivity index (χ3v) is 3.01. The van der Waals surface area contributed by atoms with Crippen LogP contribution in [0, 0.1) is 5.82 Å². The summed E-state index contributed by atoms with van der Waals surface area (Å²) >= 11 is 5.91. The summed E-state index contributed by atoms with van der Waals surface area (Å²) in [5.74, 6) is -0.273. The van der Waals surface area contributed by atoms with Gasteiger partial charge in [0, 0.05) is 10.6 Å². The summed E-state index contributed by atoms with van der Waals surface area (Å²) in [7, 11) is 0. The lowest BCUT2D eigenvalue weighted by atomic mass is 10.0. The van der Waals surface area contributed by atoms with E-state index in [4.69, 9.17) is 11.6 Å². The SMILES string of the molecule is OC1C=C(Cc2c(F)cccc2Cl)CC1. The molecule has 0 amide bonds. The molecule has 1 aromatic carbocycles. The molecule has 0 radical (unpaired) electrons. The number of benzene rings is 1. The van der Waals surface area contributed by atoms with Gasteiger partial charge in [-0.2, -0.15) is 0 Å². The van der Waals surface area contributed by atoms with Crippen LogP contribution in [-0.4, -0.2) is 11.2 Å². The highest BCUT2D eigenvalue weighted by atomic mass is 35.5. The molecule has 80 valence electrons. The highest BCUT2D eigenvalue weighted by Crippen LogP contribution is 2.27. The van der Waals surface area contributed by atoms with Crippen molar-refractivity contribution in [1.82, 2.24) is 0 Å². The lowest BCUT2D eigenvalue weighted by molar-refractivity contribution is 0.223. The second kappa shape index (κ2) is 4.33. The van der Waals surface area contributed by atoms with Crippen molar-refractivity contribution >= 4 is 11.6 Å². The second-order valence-corrected chi connectivity index (χ2v) is 4.22. The van der Waals surface area contributed by atoms with Gasteiger partial charge in [-0.15, -0.1) is 0 Å². The Kier molecular flexibility index (Phi) is 3.08. The molecule has 3 heteroatoms. The minimum atomic E-state index is -0.370. The lowest BCUT2D eigenvalue weighted by Crippen LogP contribution is -1.94. The number of aliphatic hydroxyl groups is 1. The third kappa shape index (κ3) is 2.39. The Morgan fingerprint density at radius 1 is 1.47 bits per heavy atom. The van der Waals surface area contributed by atoms with Gasteiger partial charge in [0.1, 0.15) is 5.82 Å². The Hall–Kier alpha value is -0.860. The van der Waals surface area contributed by atoms with E-state index in [2.05, 4.69) is 0 Å². The molecule has 0 spiro atoms. The molecule has 1 atom stereocenters. The van der Waals surface area contributed by atoms with Crippen LogP contribution < -0.4 is 0 Å². The van der Waals surface area contributed by atoms with E-state index in [1.54, 1.807) is 18.2 Å². The van der Waals surface area contributed by atoms with Gasteiger partial charge in [0.05, 0.1) is 6.10 Å². The number of allylic oxidation sites excluding steroid dienone is 1. The van der Waals surface area contributed by atoms with Gasteiger partial charge in [-0.1, -0.05) is 29.3 Å². The van der Waals surface area contributed by atoms with Gasteiger partial charge in [-0.05, 0) is 31.4 Å². The number of rotatable bonds is 2. The first kappa shape index (κ1) is 10.7. The maximum atomic E-state index is 13.4. The monoisotopic (exact) mass is 226 g/mol. The topological polar surface area (TPSA) is 20.2 Å². The van der Waals surface area contributed by atoms with Crippen molar-refractivity contribution in [3.05, 3.63) is 46.3 Å². The van der Waals surface area contributed by atoms with E-state index in [1.165, 1.54) is 6.07 Å². The molecule has 0 saturated carbocycles. The van der Waals surface area contributed by atoms with Crippen molar-refractivity contribution in [1.29, 1.82) is 0 Å². The summed E-state index contributed by atoms with van der Waals surface area (Å²) in [5, 5.41) is 9.77. The standard InChI is InChI=1S/C12H12ClFO/c13-11-2-1-3-12(14)10(11)7-8-4-5-9(15)6-8/h1-3,6,9,15H,4-5,7H2. The summed E-state index contributed by atoms with van der Waals surface area (Å²) in [6.45, 7) is 0. The number of hydrogen-bond donors (Lipinski definition) is 1. The summed E-state index contributed by atoms with van der Waals surface area (Å²) in [6.07, 6.45) is 3.49. The van der Waals surface area contributed by atoms with Crippen LogP contribution in [0.1, 0.15) is 18.4 Å². The van der Waals surface area contributed by atoms with Crippen molar-refractivity contribution in [2.75, 3.05) is 0 Å². The predicted molar refractivity (Wildman–Crippen MR) is 58.4 cm³/mol. The minimum Gasteiger partial charge on any atom is -0.389 e. The van der Waals surface area contributed by atoms with Crippen LogP contribution in [0.4, 0.5) is 4.39 Å². The largest absolute Gasteiger partial charge is 0.389 e. The van der Waals surface area contributed by atoms with E-state index < -0.39 is 0 Å². The first-order valence-corrected chi connectivity index (χ1v) is 5.35. The van der Waals surface area contributed by atoms with E-state index in [0.717, 1.165) is 18.4 Å². The number of halogens is 2. The number of aliphatic hydroxyl groups excluding tert-OH is 1. The zero-order chi connectivity index (χ0) is 10.8. The van der Waals surface area contributed by atoms with E-state index in [0.29, 0.717) is 17.0 Å². The van der Waals surface area contributed by atoms with Crippen LogP contribution >= 0.6 is 11.6 Å². The molecule has 1 nitrogen and oxygen atoms in total. The zero-order valence-corrected chi connectivity index (χ0v) is 8.97. The molecular formula is C12H12ClFO. The van der Waals surface area contributed by atoms with Gasteiger partial charge < -0.3 is 5.11 Å². The minimum absolute atomic E-state index is 0.273. The fourth-order valence-electron chi connectivity index (χ4n) is 1.85. The Morgan fingerprint density at radius 2 is 2.27 bits per heavy atom. The van der Waals surface area contributed by atoms with Gasteiger partial charge in [0.2, 0.25) is 0 Å². The van der Waals surface area contributed by atoms with Crippen LogP contribution in [0.2, 0.25) is 5.02 Å². The molecule has 0 saturated heterocycles. The van der Waals surface area contributed by atoms with Crippen molar-refractivity contribution < 1.29 is 9.50 Å². The van der Waals surface area contributed by atoms with Crippen LogP contribution in [0.15, 0.2) is 29.8 Å². The van der Waals surface area contributed by atoms with Gasteiger partial charge >= 0.3 is 0 Å². The van der Waals surface area contributed by atoms with Crippen LogP contribution in [0.25, 0.3) is 0 Å². The number of hydrogen-bond acceptors (Lipinski definition) is 1. The van der Waals surface area contributed by atoms with Crippen LogP contribution in [0.3, 0.4) is 0 Å². The van der Waals surface area contributed by atoms with Crippen molar-refractivity contribution in [2.24, 2.45) is 0 Å². The van der Waals surface area contributed by atoms with E-state index in [9.17, 15) is 9.50 Å². The summed E-state index contributed by atoms with van der Waals surface area (Å²) < 4.78 is 13.4. The molecule has 0 aliphatic heterocycles. The van der Waals surface area contributed by atoms with E-state index in [1.807, 2.05) is 0 Å². The highest BCUT2D eigenvalue weighted by Gasteiger charge is 2.15. The summed E-state index contributed by atoms with van der Waals surface area (Å²) in [4.78, 5) is 0. The molecule has 1 aliphatic carbocycles. The second-order valence-electron chi connectivity index (χ2n) is 3.81. The summed E-state index contributed by atoms with van der Waals surface area (Å²) in [6, 6.07) is 4.69. The van der Waals surface area contributed by atoms with Crippen molar-refractivity contribution in [2.45, 2.75) is 25.4 Å². The molecule has 0 heterocycles. The molecule has 1 unspecified atom stereocenters. The van der Waals surface area contributed by atoms with E-state index >= 15 is 0 Å². The molecule has 15 heavy (non-hydrogen) atoms. The zero-order valence-electron chi connectivity index (χ0n) is 8.21. The molecule has 0 bridgehead atoms. The van der Waals surface area contributed by atoms with E-state index in [-0.39, 0.29) is 11.9 Å². The fraction of sp³-hybridized carbons (Fsp3) is 0.333. The Labute approximate surface area is 93.2 Å². The average Bonchev–Trinajstić information content (AvgIpc) is 2.58. The highest BCUT2D eigenvalue weighted by molar-refractivity contribution is 6.31. The fourth-order valence-corrected chi connectivity index (χ4v) is 2.08. The molecule has 1 N–H and O–H groups in total. The maximum Gasteiger partial charge on any atom is 0.128 e. The van der Waals surface area contributed by atoms with Gasteiger partial charge in [0.25, 0.3) is 0 Å². The molecule has 1 aliphatic rings. The van der Waals surface area contributed by atoms with Gasteiger partial charge in [-0.25, -0.2) is 4.39 Å². The van der Waals surface area contributed by atoms with Crippen LogP contribution in [-0.2, 0) is 6.42 Å². The van der Waals surface area contributed by atoms with Gasteiger partial charge in [-0.3, -0.25) is 0 Å². The quantitative estimate of drug-likeness (QED) is 0.769. The lowest BCUT2D eigenvalue weighted by Gasteiger charge is -2.05. The maximum absolute atomic E-state index is 13.4.